The Morgan fingerprint density at radius 3 is 2.52 bits per heavy atom. The van der Waals surface area contributed by atoms with Crippen LogP contribution < -0.4 is 10.2 Å². The number of nitrogens with zero attached hydrogens (tertiary/aromatic N) is 3. The van der Waals surface area contributed by atoms with Gasteiger partial charge in [-0.15, -0.1) is 0 Å². The summed E-state index contributed by atoms with van der Waals surface area (Å²) in [5, 5.41) is 12.3. The first-order chi connectivity index (χ1) is 11.6. The summed E-state index contributed by atoms with van der Waals surface area (Å²) in [6.45, 7) is 1.17. The molecule has 0 aliphatic carbocycles. The van der Waals surface area contributed by atoms with Crippen molar-refractivity contribution in [3.63, 3.8) is 0 Å². The van der Waals surface area contributed by atoms with Gasteiger partial charge in [0.05, 0.1) is 10.0 Å². The Morgan fingerprint density at radius 2 is 2.00 bits per heavy atom. The van der Waals surface area contributed by atoms with Gasteiger partial charge in [-0.2, -0.15) is 18.2 Å². The average Bonchev–Trinajstić information content (AvgIpc) is 2.50. The Balaban J connectivity index is 2.47. The third-order valence-electron chi connectivity index (χ3n) is 3.05. The minimum Gasteiger partial charge on any atom is -0.465 e. The molecule has 134 valence electrons. The first-order valence-corrected chi connectivity index (χ1v) is 7.55. The average molecular weight is 395 g/mol. The van der Waals surface area contributed by atoms with Crippen molar-refractivity contribution in [2.24, 2.45) is 0 Å². The third-order valence-corrected chi connectivity index (χ3v) is 3.79. The summed E-state index contributed by atoms with van der Waals surface area (Å²) in [5.74, 6) is -0.985. The molecule has 1 aromatic carbocycles. The van der Waals surface area contributed by atoms with Crippen molar-refractivity contribution in [3.8, 4) is 0 Å². The summed E-state index contributed by atoms with van der Waals surface area (Å²) in [6.07, 6.45) is -5.85. The van der Waals surface area contributed by atoms with Crippen molar-refractivity contribution in [2.45, 2.75) is 13.1 Å². The molecule has 0 saturated carbocycles. The zero-order chi connectivity index (χ0) is 18.8. The minimum atomic E-state index is -4.81. The maximum atomic E-state index is 13.1. The topological polar surface area (TPSA) is 78.4 Å². The standard InChI is InChI=1S/C14H11Cl2F3N4O2/c1-2-23(13(24)25)11-8(14(17,18)19)6-20-12(22-11)21-7-3-4-9(15)10(16)5-7/h3-6H,2H2,1H3,(H,24,25)(H,20,21,22). The number of carboxylic acid groups (broad SMARTS) is 1. The number of anilines is 3. The van der Waals surface area contributed by atoms with Gasteiger partial charge in [0.1, 0.15) is 5.56 Å². The van der Waals surface area contributed by atoms with Crippen LogP contribution >= 0.6 is 23.2 Å². The summed E-state index contributed by atoms with van der Waals surface area (Å²) >= 11 is 11.7. The van der Waals surface area contributed by atoms with Crippen molar-refractivity contribution in [1.29, 1.82) is 0 Å². The van der Waals surface area contributed by atoms with E-state index in [0.29, 0.717) is 21.8 Å². The first-order valence-electron chi connectivity index (χ1n) is 6.80. The summed E-state index contributed by atoms with van der Waals surface area (Å²) in [5.41, 5.74) is -0.880. The van der Waals surface area contributed by atoms with Crippen LogP contribution in [0.25, 0.3) is 0 Å². The van der Waals surface area contributed by atoms with Gasteiger partial charge in [-0.1, -0.05) is 23.2 Å². The molecule has 25 heavy (non-hydrogen) atoms. The van der Waals surface area contributed by atoms with Gasteiger partial charge in [0.25, 0.3) is 0 Å². The molecule has 2 N–H and O–H groups in total. The quantitative estimate of drug-likeness (QED) is 0.758. The summed E-state index contributed by atoms with van der Waals surface area (Å²) in [7, 11) is 0. The van der Waals surface area contributed by atoms with E-state index in [1.807, 2.05) is 0 Å². The molecule has 2 rings (SSSR count). The lowest BCUT2D eigenvalue weighted by Crippen LogP contribution is -2.32. The third kappa shape index (κ3) is 4.43. The number of benzene rings is 1. The van der Waals surface area contributed by atoms with E-state index in [2.05, 4.69) is 15.3 Å². The number of hydrogen-bond donors (Lipinski definition) is 2. The second-order valence-electron chi connectivity index (χ2n) is 4.71. The van der Waals surface area contributed by atoms with Crippen molar-refractivity contribution in [2.75, 3.05) is 16.8 Å². The van der Waals surface area contributed by atoms with Crippen LogP contribution in [0.2, 0.25) is 10.0 Å². The Labute approximate surface area is 150 Å². The van der Waals surface area contributed by atoms with E-state index in [9.17, 15) is 18.0 Å². The fraction of sp³-hybridized carbons (Fsp3) is 0.214. The van der Waals surface area contributed by atoms with Crippen LogP contribution in [-0.4, -0.2) is 27.7 Å². The van der Waals surface area contributed by atoms with Crippen molar-refractivity contribution >= 4 is 46.7 Å². The van der Waals surface area contributed by atoms with Crippen molar-refractivity contribution < 1.29 is 23.1 Å². The lowest BCUT2D eigenvalue weighted by atomic mass is 10.2. The molecule has 0 aliphatic heterocycles. The molecule has 0 spiro atoms. The summed E-state index contributed by atoms with van der Waals surface area (Å²) in [4.78, 5) is 19.0. The number of aromatic nitrogens is 2. The van der Waals surface area contributed by atoms with Crippen molar-refractivity contribution in [1.82, 2.24) is 9.97 Å². The van der Waals surface area contributed by atoms with Gasteiger partial charge in [0.2, 0.25) is 5.95 Å². The summed E-state index contributed by atoms with van der Waals surface area (Å²) in [6, 6.07) is 4.43. The molecule has 0 fully saturated rings. The molecule has 0 aliphatic rings. The number of amides is 1. The summed E-state index contributed by atoms with van der Waals surface area (Å²) < 4.78 is 39.3. The number of rotatable bonds is 4. The van der Waals surface area contributed by atoms with E-state index < -0.39 is 23.7 Å². The van der Waals surface area contributed by atoms with Crippen LogP contribution in [-0.2, 0) is 6.18 Å². The monoisotopic (exact) mass is 394 g/mol. The van der Waals surface area contributed by atoms with E-state index in [4.69, 9.17) is 28.3 Å². The molecule has 11 heteroatoms. The highest BCUT2D eigenvalue weighted by molar-refractivity contribution is 6.42. The van der Waals surface area contributed by atoms with Gasteiger partial charge in [-0.05, 0) is 25.1 Å². The van der Waals surface area contributed by atoms with Crippen LogP contribution in [0.5, 0.6) is 0 Å². The number of nitrogens with one attached hydrogen (secondary N) is 1. The normalized spacial score (nSPS) is 11.3. The number of carbonyl (C=O) groups is 1. The van der Waals surface area contributed by atoms with Crippen LogP contribution in [0.4, 0.5) is 35.4 Å². The highest BCUT2D eigenvalue weighted by atomic mass is 35.5. The van der Waals surface area contributed by atoms with Crippen LogP contribution in [0.3, 0.4) is 0 Å². The maximum absolute atomic E-state index is 13.1. The van der Waals surface area contributed by atoms with Gasteiger partial charge >= 0.3 is 12.3 Å². The molecule has 1 aromatic heterocycles. The fourth-order valence-electron chi connectivity index (χ4n) is 1.92. The second-order valence-corrected chi connectivity index (χ2v) is 5.52. The smallest absolute Gasteiger partial charge is 0.421 e. The molecule has 0 saturated heterocycles. The predicted octanol–water partition coefficient (Wildman–Crippen LogP) is 5.05. The molecule has 0 bridgehead atoms. The van der Waals surface area contributed by atoms with E-state index in [1.54, 1.807) is 0 Å². The van der Waals surface area contributed by atoms with E-state index in [-0.39, 0.29) is 17.5 Å². The Morgan fingerprint density at radius 1 is 1.32 bits per heavy atom. The molecule has 1 amide bonds. The lowest BCUT2D eigenvalue weighted by Gasteiger charge is -2.21. The van der Waals surface area contributed by atoms with Crippen LogP contribution in [0.1, 0.15) is 12.5 Å². The zero-order valence-electron chi connectivity index (χ0n) is 12.6. The van der Waals surface area contributed by atoms with E-state index >= 15 is 0 Å². The van der Waals surface area contributed by atoms with Gasteiger partial charge in [0, 0.05) is 18.4 Å². The second kappa shape index (κ2) is 7.32. The van der Waals surface area contributed by atoms with Gasteiger partial charge < -0.3 is 10.4 Å². The van der Waals surface area contributed by atoms with Gasteiger partial charge in [-0.3, -0.25) is 4.90 Å². The largest absolute Gasteiger partial charge is 0.465 e. The molecule has 0 atom stereocenters. The van der Waals surface area contributed by atoms with E-state index in [1.165, 1.54) is 25.1 Å². The van der Waals surface area contributed by atoms with Gasteiger partial charge in [0.15, 0.2) is 5.82 Å². The molecule has 2 aromatic rings. The van der Waals surface area contributed by atoms with Crippen LogP contribution in [0, 0.1) is 0 Å². The van der Waals surface area contributed by atoms with Gasteiger partial charge in [-0.25, -0.2) is 9.78 Å². The Hall–Kier alpha value is -2.26. The predicted molar refractivity (Wildman–Crippen MR) is 87.8 cm³/mol. The molecular weight excluding hydrogens is 384 g/mol. The fourth-order valence-corrected chi connectivity index (χ4v) is 2.22. The zero-order valence-corrected chi connectivity index (χ0v) is 14.1. The van der Waals surface area contributed by atoms with Crippen molar-refractivity contribution in [3.05, 3.63) is 40.0 Å². The molecule has 0 radical (unpaired) electrons. The lowest BCUT2D eigenvalue weighted by molar-refractivity contribution is -0.137. The minimum absolute atomic E-state index is 0.221. The molecule has 6 nitrogen and oxygen atoms in total. The number of alkyl halides is 3. The maximum Gasteiger partial charge on any atom is 0.421 e. The Kier molecular flexibility index (Phi) is 5.58. The molecule has 0 unspecified atom stereocenters. The highest BCUT2D eigenvalue weighted by Gasteiger charge is 2.38. The molecular formula is C14H11Cl2F3N4O2. The number of halogens is 5. The first kappa shape index (κ1) is 19.1. The SMILES string of the molecule is CCN(C(=O)O)c1nc(Nc2ccc(Cl)c(Cl)c2)ncc1C(F)(F)F. The molecule has 1 heterocycles. The van der Waals surface area contributed by atoms with E-state index in [0.717, 1.165) is 0 Å². The Bertz CT molecular complexity index is 802. The number of hydrogen-bond acceptors (Lipinski definition) is 4. The van der Waals surface area contributed by atoms with Crippen LogP contribution in [0.15, 0.2) is 24.4 Å². The highest BCUT2D eigenvalue weighted by Crippen LogP contribution is 2.36.